The molecule has 1 aromatic carbocycles. The third-order valence-electron chi connectivity index (χ3n) is 4.44. The van der Waals surface area contributed by atoms with Gasteiger partial charge >= 0.3 is 5.69 Å². The van der Waals surface area contributed by atoms with Crippen LogP contribution in [0.1, 0.15) is 29.3 Å². The summed E-state index contributed by atoms with van der Waals surface area (Å²) in [7, 11) is 5.30. The van der Waals surface area contributed by atoms with Gasteiger partial charge in [-0.05, 0) is 30.2 Å². The minimum Gasteiger partial charge on any atom is -0.378 e. The number of nitrogens with one attached hydrogen (secondary N) is 1. The van der Waals surface area contributed by atoms with Crippen molar-refractivity contribution in [3.05, 3.63) is 61.9 Å². The number of nitrogens with zero attached hydrogens (tertiary/aromatic N) is 3. The monoisotopic (exact) mass is 354 g/mol. The number of anilines is 2. The molecule has 1 aliphatic heterocycles. The van der Waals surface area contributed by atoms with Crippen LogP contribution >= 0.6 is 0 Å². The van der Waals surface area contributed by atoms with Crippen molar-refractivity contribution in [3.8, 4) is 0 Å². The predicted molar refractivity (Wildman–Crippen MR) is 103 cm³/mol. The minimum atomic E-state index is -0.568. The van der Waals surface area contributed by atoms with Crippen LogP contribution in [0.25, 0.3) is 6.08 Å². The van der Waals surface area contributed by atoms with Gasteiger partial charge in [-0.25, -0.2) is 4.79 Å². The Bertz CT molecular complexity index is 1010. The SMILES string of the molecule is CCCn1c2c(c(=O)n(C)c1=O)C(=O)/C(=C\c1ccc(N(C)C)cc1)N2. The van der Waals surface area contributed by atoms with E-state index in [9.17, 15) is 14.4 Å². The van der Waals surface area contributed by atoms with Crippen LogP contribution in [0, 0.1) is 0 Å². The van der Waals surface area contributed by atoms with E-state index in [1.54, 1.807) is 6.08 Å². The van der Waals surface area contributed by atoms with Crippen LogP contribution < -0.4 is 21.5 Å². The Balaban J connectivity index is 2.07. The summed E-state index contributed by atoms with van der Waals surface area (Å²) in [6, 6.07) is 7.70. The van der Waals surface area contributed by atoms with Crippen molar-refractivity contribution >= 4 is 23.4 Å². The highest BCUT2D eigenvalue weighted by atomic mass is 16.2. The molecule has 0 saturated carbocycles. The molecule has 0 fully saturated rings. The van der Waals surface area contributed by atoms with Gasteiger partial charge in [0.25, 0.3) is 5.56 Å². The number of fused-ring (bicyclic) bond motifs is 1. The third kappa shape index (κ3) is 2.85. The lowest BCUT2D eigenvalue weighted by Crippen LogP contribution is -2.40. The van der Waals surface area contributed by atoms with E-state index >= 15 is 0 Å². The quantitative estimate of drug-likeness (QED) is 0.846. The van der Waals surface area contributed by atoms with Crippen molar-refractivity contribution in [2.24, 2.45) is 7.05 Å². The number of Topliss-reactive ketones (excluding diaryl/α,β-unsaturated/α-hetero) is 1. The molecule has 1 aromatic heterocycles. The second-order valence-electron chi connectivity index (χ2n) is 6.52. The largest absolute Gasteiger partial charge is 0.378 e. The predicted octanol–water partition coefficient (Wildman–Crippen LogP) is 1.67. The molecule has 0 radical (unpaired) electrons. The van der Waals surface area contributed by atoms with Crippen molar-refractivity contribution < 1.29 is 4.79 Å². The highest BCUT2D eigenvalue weighted by molar-refractivity contribution is 6.19. The van der Waals surface area contributed by atoms with E-state index in [-0.39, 0.29) is 11.3 Å². The van der Waals surface area contributed by atoms with Crippen molar-refractivity contribution in [2.75, 3.05) is 24.3 Å². The minimum absolute atomic E-state index is 0.0247. The number of carbonyl (C=O) groups is 1. The van der Waals surface area contributed by atoms with Crippen molar-refractivity contribution in [1.82, 2.24) is 9.13 Å². The molecule has 2 aromatic rings. The van der Waals surface area contributed by atoms with Crippen LogP contribution in [0.5, 0.6) is 0 Å². The van der Waals surface area contributed by atoms with Crippen molar-refractivity contribution in [2.45, 2.75) is 19.9 Å². The van der Waals surface area contributed by atoms with Crippen LogP contribution in [0.3, 0.4) is 0 Å². The smallest absolute Gasteiger partial charge is 0.332 e. The summed E-state index contributed by atoms with van der Waals surface area (Å²) in [6.45, 7) is 2.37. The van der Waals surface area contributed by atoms with E-state index < -0.39 is 11.2 Å². The van der Waals surface area contributed by atoms with Crippen molar-refractivity contribution in [3.63, 3.8) is 0 Å². The number of benzene rings is 1. The zero-order valence-electron chi connectivity index (χ0n) is 15.4. The van der Waals surface area contributed by atoms with Gasteiger partial charge < -0.3 is 10.2 Å². The average Bonchev–Trinajstić information content (AvgIpc) is 2.93. The summed E-state index contributed by atoms with van der Waals surface area (Å²) >= 11 is 0. The zero-order valence-corrected chi connectivity index (χ0v) is 15.4. The molecule has 7 heteroatoms. The number of rotatable bonds is 4. The fraction of sp³-hybridized carbons (Fsp3) is 0.316. The molecule has 1 N–H and O–H groups in total. The van der Waals surface area contributed by atoms with Crippen LogP contribution in [0.2, 0.25) is 0 Å². The van der Waals surface area contributed by atoms with E-state index in [2.05, 4.69) is 5.32 Å². The molecular formula is C19H22N4O3. The molecule has 2 heterocycles. The third-order valence-corrected chi connectivity index (χ3v) is 4.44. The fourth-order valence-corrected chi connectivity index (χ4v) is 2.99. The second-order valence-corrected chi connectivity index (χ2v) is 6.52. The van der Waals surface area contributed by atoms with Crippen LogP contribution in [-0.2, 0) is 13.6 Å². The molecule has 0 saturated heterocycles. The normalized spacial score (nSPS) is 14.5. The molecule has 1 aliphatic rings. The lowest BCUT2D eigenvalue weighted by molar-refractivity contribution is 0.104. The summed E-state index contributed by atoms with van der Waals surface area (Å²) in [5.74, 6) is -0.0942. The molecule has 136 valence electrons. The Labute approximate surface area is 151 Å². The van der Waals surface area contributed by atoms with E-state index in [4.69, 9.17) is 0 Å². The molecule has 3 rings (SSSR count). The lowest BCUT2D eigenvalue weighted by atomic mass is 10.1. The standard InChI is InChI=1S/C19H22N4O3/c1-5-10-23-17-15(18(25)22(4)19(23)26)16(24)14(20-17)11-12-6-8-13(9-7-12)21(2)3/h6-9,11,20H,5,10H2,1-4H3/b14-11+. The molecule has 0 aliphatic carbocycles. The van der Waals surface area contributed by atoms with Gasteiger partial charge in [0.05, 0.1) is 5.70 Å². The van der Waals surface area contributed by atoms with Gasteiger partial charge in [0, 0.05) is 33.4 Å². The van der Waals surface area contributed by atoms with E-state index in [0.717, 1.165) is 15.8 Å². The maximum atomic E-state index is 12.7. The van der Waals surface area contributed by atoms with E-state index in [1.165, 1.54) is 11.6 Å². The number of allylic oxidation sites excluding steroid dienone is 1. The number of hydrogen-bond donors (Lipinski definition) is 1. The Kier molecular flexibility index (Phi) is 4.54. The second kappa shape index (κ2) is 6.67. The van der Waals surface area contributed by atoms with Gasteiger partial charge in [-0.15, -0.1) is 0 Å². The topological polar surface area (TPSA) is 76.3 Å². The summed E-state index contributed by atoms with van der Waals surface area (Å²) in [5, 5.41) is 2.98. The number of carbonyl (C=O) groups excluding carboxylic acids is 1. The number of aromatic nitrogens is 2. The number of ketones is 1. The molecule has 0 atom stereocenters. The van der Waals surface area contributed by atoms with Gasteiger partial charge in [0.15, 0.2) is 0 Å². The molecule has 0 bridgehead atoms. The Hall–Kier alpha value is -3.09. The Morgan fingerprint density at radius 1 is 1.12 bits per heavy atom. The zero-order chi connectivity index (χ0) is 19.0. The molecule has 0 spiro atoms. The first-order valence-electron chi connectivity index (χ1n) is 8.49. The number of hydrogen-bond acceptors (Lipinski definition) is 5. The lowest BCUT2D eigenvalue weighted by Gasteiger charge is -2.12. The molecule has 26 heavy (non-hydrogen) atoms. The van der Waals surface area contributed by atoms with Gasteiger partial charge in [0.2, 0.25) is 5.78 Å². The van der Waals surface area contributed by atoms with Crippen LogP contribution in [-0.4, -0.2) is 29.0 Å². The molecule has 0 amide bonds. The van der Waals surface area contributed by atoms with Gasteiger partial charge in [0.1, 0.15) is 11.4 Å². The highest BCUT2D eigenvalue weighted by Gasteiger charge is 2.32. The first-order chi connectivity index (χ1) is 12.3. The van der Waals surface area contributed by atoms with Gasteiger partial charge in [-0.1, -0.05) is 19.1 Å². The molecule has 0 unspecified atom stereocenters. The summed E-state index contributed by atoms with van der Waals surface area (Å²) < 4.78 is 2.44. The van der Waals surface area contributed by atoms with Crippen molar-refractivity contribution in [1.29, 1.82) is 0 Å². The first kappa shape index (κ1) is 17.7. The van der Waals surface area contributed by atoms with E-state index in [1.807, 2.05) is 50.2 Å². The fourth-order valence-electron chi connectivity index (χ4n) is 2.99. The Morgan fingerprint density at radius 2 is 1.77 bits per heavy atom. The Morgan fingerprint density at radius 3 is 2.35 bits per heavy atom. The summed E-state index contributed by atoms with van der Waals surface area (Å²) in [5.41, 5.74) is 1.21. The molecular weight excluding hydrogens is 332 g/mol. The summed E-state index contributed by atoms with van der Waals surface area (Å²) in [4.78, 5) is 39.5. The molecule has 7 nitrogen and oxygen atoms in total. The van der Waals surface area contributed by atoms with Gasteiger partial charge in [-0.3, -0.25) is 18.7 Å². The van der Waals surface area contributed by atoms with Crippen LogP contribution in [0.4, 0.5) is 11.5 Å². The summed E-state index contributed by atoms with van der Waals surface area (Å²) in [6.07, 6.45) is 2.41. The first-order valence-corrected chi connectivity index (χ1v) is 8.49. The maximum absolute atomic E-state index is 12.7. The van der Waals surface area contributed by atoms with Crippen LogP contribution in [0.15, 0.2) is 39.6 Å². The highest BCUT2D eigenvalue weighted by Crippen LogP contribution is 2.26. The maximum Gasteiger partial charge on any atom is 0.332 e. The average molecular weight is 354 g/mol. The van der Waals surface area contributed by atoms with Gasteiger partial charge in [-0.2, -0.15) is 0 Å². The van der Waals surface area contributed by atoms with E-state index in [0.29, 0.717) is 24.5 Å².